The first-order valence-electron chi connectivity index (χ1n) is 4.12. The van der Waals surface area contributed by atoms with Gasteiger partial charge >= 0.3 is 0 Å². The molecule has 0 radical (unpaired) electrons. The first-order valence-corrected chi connectivity index (χ1v) is 6.53. The Bertz CT molecular complexity index is 470. The summed E-state index contributed by atoms with van der Waals surface area (Å²) < 4.78 is 2.03. The smallest absolute Gasteiger partial charge is 0.171 e. The molecule has 2 aromatic heterocycles. The molecule has 0 atom stereocenters. The van der Waals surface area contributed by atoms with Crippen molar-refractivity contribution in [3.8, 4) is 10.7 Å². The fourth-order valence-corrected chi connectivity index (χ4v) is 3.13. The zero-order chi connectivity index (χ0) is 11.0. The van der Waals surface area contributed by atoms with Crippen LogP contribution in [0.5, 0.6) is 0 Å². The van der Waals surface area contributed by atoms with Crippen LogP contribution in [0.4, 0.5) is 5.82 Å². The van der Waals surface area contributed by atoms with E-state index in [2.05, 4.69) is 41.8 Å². The average molecular weight is 349 g/mol. The predicted molar refractivity (Wildman–Crippen MR) is 69.9 cm³/mol. The molecule has 0 aliphatic heterocycles. The molecule has 0 saturated heterocycles. The van der Waals surface area contributed by atoms with Gasteiger partial charge in [0.05, 0.1) is 8.66 Å². The van der Waals surface area contributed by atoms with Gasteiger partial charge in [0.15, 0.2) is 5.82 Å². The van der Waals surface area contributed by atoms with E-state index in [9.17, 15) is 0 Å². The molecule has 2 rings (SSSR count). The lowest BCUT2D eigenvalue weighted by Gasteiger charge is -1.99. The first-order chi connectivity index (χ1) is 7.06. The maximum absolute atomic E-state index is 5.67. The number of hydrogen-bond donors (Lipinski definition) is 1. The molecule has 0 bridgehead atoms. The van der Waals surface area contributed by atoms with Crippen LogP contribution in [0.2, 0.25) is 0 Å². The molecular formula is C9H7Br2N3S. The SMILES string of the molecule is Cc1cc(N)nc(-c2cc(Br)c(Br)s2)n1. The highest BCUT2D eigenvalue weighted by atomic mass is 79.9. The molecule has 2 aromatic rings. The Morgan fingerprint density at radius 1 is 1.27 bits per heavy atom. The summed E-state index contributed by atoms with van der Waals surface area (Å²) >= 11 is 8.44. The van der Waals surface area contributed by atoms with Gasteiger partial charge in [0.1, 0.15) is 5.82 Å². The molecule has 0 saturated carbocycles. The molecular weight excluding hydrogens is 342 g/mol. The van der Waals surface area contributed by atoms with Crippen LogP contribution in [0.15, 0.2) is 20.4 Å². The number of hydrogen-bond acceptors (Lipinski definition) is 4. The van der Waals surface area contributed by atoms with Crippen LogP contribution in [-0.2, 0) is 0 Å². The van der Waals surface area contributed by atoms with Crippen molar-refractivity contribution in [3.63, 3.8) is 0 Å². The van der Waals surface area contributed by atoms with Crippen LogP contribution >= 0.6 is 43.2 Å². The third-order valence-corrected chi connectivity index (χ3v) is 4.99. The molecule has 0 aliphatic carbocycles. The van der Waals surface area contributed by atoms with E-state index in [4.69, 9.17) is 5.73 Å². The summed E-state index contributed by atoms with van der Waals surface area (Å²) in [5.41, 5.74) is 6.54. The third kappa shape index (κ3) is 2.38. The van der Waals surface area contributed by atoms with Gasteiger partial charge in [0.2, 0.25) is 0 Å². The molecule has 0 fully saturated rings. The number of aromatic nitrogens is 2. The van der Waals surface area contributed by atoms with Crippen LogP contribution in [0.25, 0.3) is 10.7 Å². The van der Waals surface area contributed by atoms with Gasteiger partial charge in [-0.1, -0.05) is 0 Å². The first kappa shape index (κ1) is 11.0. The Hall–Kier alpha value is -0.460. The van der Waals surface area contributed by atoms with Gasteiger partial charge in [-0.15, -0.1) is 11.3 Å². The summed E-state index contributed by atoms with van der Waals surface area (Å²) in [6.45, 7) is 1.90. The van der Waals surface area contributed by atoms with Crippen LogP contribution in [0.1, 0.15) is 5.69 Å². The number of nitrogens with zero attached hydrogens (tertiary/aromatic N) is 2. The summed E-state index contributed by atoms with van der Waals surface area (Å²) in [4.78, 5) is 9.52. The minimum absolute atomic E-state index is 0.498. The summed E-state index contributed by atoms with van der Waals surface area (Å²) in [6.07, 6.45) is 0. The van der Waals surface area contributed by atoms with E-state index in [1.807, 2.05) is 13.0 Å². The number of nitrogen functional groups attached to an aromatic ring is 1. The second-order valence-corrected chi connectivity index (χ2v) is 6.21. The van der Waals surface area contributed by atoms with E-state index < -0.39 is 0 Å². The highest BCUT2D eigenvalue weighted by Crippen LogP contribution is 2.37. The lowest BCUT2D eigenvalue weighted by atomic mass is 10.4. The molecule has 3 nitrogen and oxygen atoms in total. The number of rotatable bonds is 1. The van der Waals surface area contributed by atoms with Crippen molar-refractivity contribution in [1.29, 1.82) is 0 Å². The standard InChI is InChI=1S/C9H7Br2N3S/c1-4-2-7(12)14-9(13-4)6-3-5(10)8(11)15-6/h2-3H,1H3,(H2,12,13,14). The average Bonchev–Trinajstić information content (AvgIpc) is 2.45. The zero-order valence-corrected chi connectivity index (χ0v) is 11.8. The molecule has 0 spiro atoms. The summed E-state index contributed by atoms with van der Waals surface area (Å²) in [5.74, 6) is 1.17. The maximum Gasteiger partial charge on any atom is 0.171 e. The minimum Gasteiger partial charge on any atom is -0.384 e. The van der Waals surface area contributed by atoms with Crippen molar-refractivity contribution in [1.82, 2.24) is 9.97 Å². The molecule has 0 aromatic carbocycles. The molecule has 6 heteroatoms. The Kier molecular flexibility index (Phi) is 3.08. The molecule has 78 valence electrons. The lowest BCUT2D eigenvalue weighted by molar-refractivity contribution is 1.13. The van der Waals surface area contributed by atoms with Crippen LogP contribution in [-0.4, -0.2) is 9.97 Å². The van der Waals surface area contributed by atoms with Gasteiger partial charge in [-0.2, -0.15) is 0 Å². The van der Waals surface area contributed by atoms with Crippen molar-refractivity contribution >= 4 is 49.0 Å². The quantitative estimate of drug-likeness (QED) is 0.856. The highest BCUT2D eigenvalue weighted by molar-refractivity contribution is 9.13. The van der Waals surface area contributed by atoms with Gasteiger partial charge in [-0.3, -0.25) is 0 Å². The Morgan fingerprint density at radius 3 is 2.53 bits per heavy atom. The van der Waals surface area contributed by atoms with E-state index in [0.29, 0.717) is 11.6 Å². The highest BCUT2D eigenvalue weighted by Gasteiger charge is 2.09. The fourth-order valence-electron chi connectivity index (χ4n) is 1.16. The number of nitrogens with two attached hydrogens (primary N) is 1. The number of thiophene rings is 1. The second-order valence-electron chi connectivity index (χ2n) is 2.99. The lowest BCUT2D eigenvalue weighted by Crippen LogP contribution is -1.96. The molecule has 0 amide bonds. The van der Waals surface area contributed by atoms with Crippen molar-refractivity contribution in [2.24, 2.45) is 0 Å². The Balaban J connectivity index is 2.53. The second kappa shape index (κ2) is 4.19. The van der Waals surface area contributed by atoms with Crippen LogP contribution < -0.4 is 5.73 Å². The van der Waals surface area contributed by atoms with Gasteiger partial charge in [0, 0.05) is 16.2 Å². The molecule has 15 heavy (non-hydrogen) atoms. The van der Waals surface area contributed by atoms with Crippen LogP contribution in [0.3, 0.4) is 0 Å². The topological polar surface area (TPSA) is 51.8 Å². The van der Waals surface area contributed by atoms with Crippen molar-refractivity contribution in [3.05, 3.63) is 26.1 Å². The Morgan fingerprint density at radius 2 is 2.00 bits per heavy atom. The Labute approximate surface area is 108 Å². The summed E-state index contributed by atoms with van der Waals surface area (Å²) in [5, 5.41) is 0. The number of aryl methyl sites for hydroxylation is 1. The number of halogens is 2. The minimum atomic E-state index is 0.498. The van der Waals surface area contributed by atoms with E-state index in [-0.39, 0.29) is 0 Å². The van der Waals surface area contributed by atoms with Gasteiger partial charge in [0.25, 0.3) is 0 Å². The molecule has 2 N–H and O–H groups in total. The van der Waals surface area contributed by atoms with E-state index in [0.717, 1.165) is 18.8 Å². The number of anilines is 1. The van der Waals surface area contributed by atoms with Gasteiger partial charge < -0.3 is 5.73 Å². The molecule has 0 aliphatic rings. The maximum atomic E-state index is 5.67. The zero-order valence-electron chi connectivity index (χ0n) is 7.79. The fraction of sp³-hybridized carbons (Fsp3) is 0.111. The van der Waals surface area contributed by atoms with Crippen molar-refractivity contribution < 1.29 is 0 Å². The largest absolute Gasteiger partial charge is 0.384 e. The summed E-state index contributed by atoms with van der Waals surface area (Å²) in [6, 6.07) is 3.73. The van der Waals surface area contributed by atoms with Crippen LogP contribution in [0, 0.1) is 6.92 Å². The van der Waals surface area contributed by atoms with Gasteiger partial charge in [-0.25, -0.2) is 9.97 Å². The summed E-state index contributed by atoms with van der Waals surface area (Å²) in [7, 11) is 0. The normalized spacial score (nSPS) is 10.6. The van der Waals surface area contributed by atoms with Crippen molar-refractivity contribution in [2.75, 3.05) is 5.73 Å². The molecule has 0 unspecified atom stereocenters. The van der Waals surface area contributed by atoms with E-state index >= 15 is 0 Å². The third-order valence-electron chi connectivity index (χ3n) is 1.74. The van der Waals surface area contributed by atoms with E-state index in [1.54, 1.807) is 17.4 Å². The van der Waals surface area contributed by atoms with Crippen molar-refractivity contribution in [2.45, 2.75) is 6.92 Å². The predicted octanol–water partition coefficient (Wildman–Crippen LogP) is 3.62. The van der Waals surface area contributed by atoms with Gasteiger partial charge in [-0.05, 0) is 44.8 Å². The van der Waals surface area contributed by atoms with E-state index in [1.165, 1.54) is 0 Å². The molecule has 2 heterocycles. The monoisotopic (exact) mass is 347 g/mol.